The molecule has 1 amide bonds. The third-order valence-corrected chi connectivity index (χ3v) is 3.24. The standard InChI is InChI=1S/C11H17N5O2/c1-7-4-5-16(6-9(7)17)11(18)8-2-3-10(13-12)15-14-8/h2-3,7,9,17H,4-6,12H2,1H3,(H,13,15). The second kappa shape index (κ2) is 5.28. The summed E-state index contributed by atoms with van der Waals surface area (Å²) in [6, 6.07) is 3.15. The van der Waals surface area contributed by atoms with Gasteiger partial charge in [0.05, 0.1) is 6.10 Å². The molecule has 0 aliphatic carbocycles. The minimum atomic E-state index is -0.472. The fourth-order valence-corrected chi connectivity index (χ4v) is 1.92. The maximum atomic E-state index is 12.1. The van der Waals surface area contributed by atoms with E-state index < -0.39 is 6.10 Å². The maximum absolute atomic E-state index is 12.1. The van der Waals surface area contributed by atoms with Gasteiger partial charge in [0.1, 0.15) is 0 Å². The normalized spacial score (nSPS) is 23.8. The highest BCUT2D eigenvalue weighted by molar-refractivity contribution is 5.92. The summed E-state index contributed by atoms with van der Waals surface area (Å²) in [5, 5.41) is 17.3. The van der Waals surface area contributed by atoms with Crippen molar-refractivity contribution in [2.24, 2.45) is 11.8 Å². The topological polar surface area (TPSA) is 104 Å². The van der Waals surface area contributed by atoms with Gasteiger partial charge in [0.15, 0.2) is 11.5 Å². The Hall–Kier alpha value is -1.73. The van der Waals surface area contributed by atoms with Crippen LogP contribution in [0, 0.1) is 5.92 Å². The van der Waals surface area contributed by atoms with E-state index in [1.807, 2.05) is 6.92 Å². The van der Waals surface area contributed by atoms with Crippen molar-refractivity contribution >= 4 is 11.7 Å². The van der Waals surface area contributed by atoms with Crippen molar-refractivity contribution in [3.63, 3.8) is 0 Å². The number of rotatable bonds is 2. The number of hydrazine groups is 1. The SMILES string of the molecule is CC1CCN(C(=O)c2ccc(NN)nn2)CC1O. The molecule has 1 aromatic rings. The number of carbonyl (C=O) groups excluding carboxylic acids is 1. The first-order valence-corrected chi connectivity index (χ1v) is 5.89. The average Bonchev–Trinajstić information content (AvgIpc) is 2.41. The average molecular weight is 251 g/mol. The molecule has 2 unspecified atom stereocenters. The van der Waals surface area contributed by atoms with Gasteiger partial charge in [0, 0.05) is 13.1 Å². The highest BCUT2D eigenvalue weighted by Crippen LogP contribution is 2.18. The summed E-state index contributed by atoms with van der Waals surface area (Å²) in [5.41, 5.74) is 2.61. The highest BCUT2D eigenvalue weighted by Gasteiger charge is 2.28. The zero-order chi connectivity index (χ0) is 13.1. The van der Waals surface area contributed by atoms with Gasteiger partial charge >= 0.3 is 0 Å². The van der Waals surface area contributed by atoms with E-state index in [4.69, 9.17) is 5.84 Å². The molecular formula is C11H17N5O2. The van der Waals surface area contributed by atoms with E-state index in [0.29, 0.717) is 18.9 Å². The number of anilines is 1. The third kappa shape index (κ3) is 2.57. The Morgan fingerprint density at radius 1 is 1.56 bits per heavy atom. The quantitative estimate of drug-likeness (QED) is 0.488. The smallest absolute Gasteiger partial charge is 0.274 e. The number of carbonyl (C=O) groups is 1. The molecule has 2 atom stereocenters. The number of aromatic nitrogens is 2. The van der Waals surface area contributed by atoms with E-state index in [1.165, 1.54) is 0 Å². The Bertz CT molecular complexity index is 422. The number of nitrogen functional groups attached to an aromatic ring is 1. The molecule has 2 rings (SSSR count). The number of amides is 1. The molecule has 1 saturated heterocycles. The van der Waals surface area contributed by atoms with Crippen LogP contribution in [-0.4, -0.2) is 45.3 Å². The molecule has 98 valence electrons. The summed E-state index contributed by atoms with van der Waals surface area (Å²) in [5.74, 6) is 5.59. The van der Waals surface area contributed by atoms with Gasteiger partial charge in [-0.05, 0) is 24.5 Å². The molecule has 1 aliphatic rings. The van der Waals surface area contributed by atoms with Crippen molar-refractivity contribution in [2.45, 2.75) is 19.4 Å². The number of nitrogens with two attached hydrogens (primary N) is 1. The fourth-order valence-electron chi connectivity index (χ4n) is 1.92. The molecule has 0 saturated carbocycles. The van der Waals surface area contributed by atoms with Crippen LogP contribution >= 0.6 is 0 Å². The Labute approximate surface area is 105 Å². The summed E-state index contributed by atoms with van der Waals surface area (Å²) < 4.78 is 0. The molecule has 7 heteroatoms. The number of hydrogen-bond donors (Lipinski definition) is 3. The lowest BCUT2D eigenvalue weighted by atomic mass is 9.96. The summed E-state index contributed by atoms with van der Waals surface area (Å²) in [6.07, 6.45) is 0.323. The maximum Gasteiger partial charge on any atom is 0.274 e. The predicted octanol–water partition coefficient (Wildman–Crippen LogP) is -0.395. The zero-order valence-corrected chi connectivity index (χ0v) is 10.2. The lowest BCUT2D eigenvalue weighted by molar-refractivity contribution is 0.0244. The monoisotopic (exact) mass is 251 g/mol. The number of nitrogens with zero attached hydrogens (tertiary/aromatic N) is 3. The van der Waals surface area contributed by atoms with Crippen LogP contribution in [0.4, 0.5) is 5.82 Å². The molecule has 0 bridgehead atoms. The van der Waals surface area contributed by atoms with Gasteiger partial charge in [-0.15, -0.1) is 10.2 Å². The lowest BCUT2D eigenvalue weighted by Gasteiger charge is -2.33. The first-order chi connectivity index (χ1) is 8.61. The summed E-state index contributed by atoms with van der Waals surface area (Å²) >= 11 is 0. The number of β-amino-alcohol motifs (C(OH)–C–C–N with tert-alkyl or cyclic N) is 1. The zero-order valence-electron chi connectivity index (χ0n) is 10.2. The third-order valence-electron chi connectivity index (χ3n) is 3.24. The van der Waals surface area contributed by atoms with Crippen molar-refractivity contribution in [1.29, 1.82) is 0 Å². The van der Waals surface area contributed by atoms with E-state index in [-0.39, 0.29) is 17.5 Å². The Morgan fingerprint density at radius 2 is 2.33 bits per heavy atom. The second-order valence-electron chi connectivity index (χ2n) is 4.53. The number of aliphatic hydroxyl groups excluding tert-OH is 1. The number of aliphatic hydroxyl groups is 1. The molecule has 2 heterocycles. The molecule has 1 aromatic heterocycles. The van der Waals surface area contributed by atoms with Crippen LogP contribution < -0.4 is 11.3 Å². The number of likely N-dealkylation sites (tertiary alicyclic amines) is 1. The molecule has 1 fully saturated rings. The minimum Gasteiger partial charge on any atom is -0.391 e. The Morgan fingerprint density at radius 3 is 2.89 bits per heavy atom. The molecule has 0 aromatic carbocycles. The first kappa shape index (κ1) is 12.7. The number of nitrogens with one attached hydrogen (secondary N) is 1. The van der Waals surface area contributed by atoms with Crippen LogP contribution in [0.25, 0.3) is 0 Å². The van der Waals surface area contributed by atoms with Gasteiger partial charge in [-0.1, -0.05) is 6.92 Å². The molecule has 1 aliphatic heterocycles. The molecule has 0 radical (unpaired) electrons. The molecule has 4 N–H and O–H groups in total. The fraction of sp³-hybridized carbons (Fsp3) is 0.545. The van der Waals surface area contributed by atoms with Gasteiger partial charge in [-0.2, -0.15) is 0 Å². The second-order valence-corrected chi connectivity index (χ2v) is 4.53. The Kier molecular flexibility index (Phi) is 3.73. The van der Waals surface area contributed by atoms with Crippen molar-refractivity contribution < 1.29 is 9.90 Å². The van der Waals surface area contributed by atoms with E-state index in [0.717, 1.165) is 6.42 Å². The van der Waals surface area contributed by atoms with Gasteiger partial charge in [-0.25, -0.2) is 5.84 Å². The van der Waals surface area contributed by atoms with Crippen LogP contribution in [-0.2, 0) is 0 Å². The van der Waals surface area contributed by atoms with E-state index in [2.05, 4.69) is 15.6 Å². The van der Waals surface area contributed by atoms with Crippen LogP contribution in [0.15, 0.2) is 12.1 Å². The molecule has 18 heavy (non-hydrogen) atoms. The van der Waals surface area contributed by atoms with Crippen molar-refractivity contribution in [2.75, 3.05) is 18.5 Å². The van der Waals surface area contributed by atoms with E-state index >= 15 is 0 Å². The lowest BCUT2D eigenvalue weighted by Crippen LogP contribution is -2.46. The molecular weight excluding hydrogens is 234 g/mol. The van der Waals surface area contributed by atoms with Gasteiger partial charge in [0.25, 0.3) is 5.91 Å². The summed E-state index contributed by atoms with van der Waals surface area (Å²) in [7, 11) is 0. The van der Waals surface area contributed by atoms with Gasteiger partial charge in [0.2, 0.25) is 0 Å². The number of hydrogen-bond acceptors (Lipinski definition) is 6. The largest absolute Gasteiger partial charge is 0.391 e. The summed E-state index contributed by atoms with van der Waals surface area (Å²) in [4.78, 5) is 13.7. The minimum absolute atomic E-state index is 0.211. The highest BCUT2D eigenvalue weighted by atomic mass is 16.3. The molecule has 0 spiro atoms. The summed E-state index contributed by atoms with van der Waals surface area (Å²) in [6.45, 7) is 2.96. The van der Waals surface area contributed by atoms with Crippen LogP contribution in [0.1, 0.15) is 23.8 Å². The first-order valence-electron chi connectivity index (χ1n) is 5.89. The van der Waals surface area contributed by atoms with Crippen LogP contribution in [0.5, 0.6) is 0 Å². The predicted molar refractivity (Wildman–Crippen MR) is 65.5 cm³/mol. The van der Waals surface area contributed by atoms with Crippen molar-refractivity contribution in [1.82, 2.24) is 15.1 Å². The molecule has 7 nitrogen and oxygen atoms in total. The van der Waals surface area contributed by atoms with Crippen molar-refractivity contribution in [3.8, 4) is 0 Å². The van der Waals surface area contributed by atoms with E-state index in [9.17, 15) is 9.90 Å². The number of piperidine rings is 1. The van der Waals surface area contributed by atoms with E-state index in [1.54, 1.807) is 17.0 Å². The van der Waals surface area contributed by atoms with Crippen LogP contribution in [0.2, 0.25) is 0 Å². The van der Waals surface area contributed by atoms with Gasteiger partial charge < -0.3 is 15.4 Å². The Balaban J connectivity index is 2.06. The van der Waals surface area contributed by atoms with Gasteiger partial charge in [-0.3, -0.25) is 4.79 Å². The van der Waals surface area contributed by atoms with Crippen molar-refractivity contribution in [3.05, 3.63) is 17.8 Å². The van der Waals surface area contributed by atoms with Crippen LogP contribution in [0.3, 0.4) is 0 Å².